The number of nitrogens with zero attached hydrogens (tertiary/aromatic N) is 1. The first kappa shape index (κ1) is 18.8. The van der Waals surface area contributed by atoms with Crippen LogP contribution in [0.1, 0.15) is 18.4 Å². The van der Waals surface area contributed by atoms with Gasteiger partial charge in [-0.05, 0) is 30.5 Å². The zero-order valence-corrected chi connectivity index (χ0v) is 15.9. The smallest absolute Gasteiger partial charge is 0.315 e. The first-order valence-corrected chi connectivity index (χ1v) is 10.3. The summed E-state index contributed by atoms with van der Waals surface area (Å²) in [5.74, 6) is 0.882. The fraction of sp³-hybridized carbons (Fsp3) is 0.381. The number of carbonyl (C=O) groups excluding carboxylic acids is 1. The summed E-state index contributed by atoms with van der Waals surface area (Å²) in [5, 5.41) is 6.08. The van der Waals surface area contributed by atoms with Crippen LogP contribution in [0.5, 0.6) is 0 Å². The molecule has 3 rings (SSSR count). The molecular formula is C21H27N3OS. The molecule has 0 aliphatic carbocycles. The molecule has 0 saturated carbocycles. The predicted molar refractivity (Wildman–Crippen MR) is 108 cm³/mol. The van der Waals surface area contributed by atoms with E-state index in [2.05, 4.69) is 58.0 Å². The van der Waals surface area contributed by atoms with Crippen molar-refractivity contribution < 1.29 is 4.79 Å². The summed E-state index contributed by atoms with van der Waals surface area (Å²) in [6.07, 6.45) is 2.03. The van der Waals surface area contributed by atoms with Crippen molar-refractivity contribution in [2.75, 3.05) is 25.4 Å². The minimum absolute atomic E-state index is 0.0415. The Labute approximate surface area is 160 Å². The van der Waals surface area contributed by atoms with Gasteiger partial charge in [-0.25, -0.2) is 4.79 Å². The molecule has 1 aliphatic rings. The molecule has 2 aromatic rings. The number of piperidine rings is 1. The van der Waals surface area contributed by atoms with Crippen molar-refractivity contribution in [1.29, 1.82) is 0 Å². The summed E-state index contributed by atoms with van der Waals surface area (Å²) in [7, 11) is 0. The zero-order valence-electron chi connectivity index (χ0n) is 15.1. The maximum Gasteiger partial charge on any atom is 0.315 e. The van der Waals surface area contributed by atoms with Gasteiger partial charge >= 0.3 is 6.03 Å². The molecular weight excluding hydrogens is 342 g/mol. The van der Waals surface area contributed by atoms with Crippen LogP contribution in [0.3, 0.4) is 0 Å². The number of benzene rings is 2. The lowest BCUT2D eigenvalue weighted by Gasteiger charge is -2.32. The van der Waals surface area contributed by atoms with Gasteiger partial charge in [-0.3, -0.25) is 4.90 Å². The predicted octanol–water partition coefficient (Wildman–Crippen LogP) is 3.74. The second kappa shape index (κ2) is 10.2. The molecule has 1 heterocycles. The minimum atomic E-state index is -0.0415. The molecule has 0 unspecified atom stereocenters. The third-order valence-electron chi connectivity index (χ3n) is 4.57. The Hall–Kier alpha value is -1.98. The van der Waals surface area contributed by atoms with E-state index in [4.69, 9.17) is 0 Å². The highest BCUT2D eigenvalue weighted by Gasteiger charge is 2.20. The van der Waals surface area contributed by atoms with E-state index in [9.17, 15) is 4.79 Å². The molecule has 0 aromatic heterocycles. The van der Waals surface area contributed by atoms with Gasteiger partial charge < -0.3 is 10.6 Å². The number of rotatable bonds is 7. The summed E-state index contributed by atoms with van der Waals surface area (Å²) in [4.78, 5) is 15.7. The van der Waals surface area contributed by atoms with Crippen LogP contribution in [0.4, 0.5) is 4.79 Å². The first-order valence-electron chi connectivity index (χ1n) is 9.28. The van der Waals surface area contributed by atoms with Crippen molar-refractivity contribution >= 4 is 17.8 Å². The average Bonchev–Trinajstić information content (AvgIpc) is 2.68. The molecule has 0 bridgehead atoms. The standard InChI is InChI=1S/C21H27N3OS/c25-21(22-13-16-26-20-9-5-2-6-10-20)23-19-11-14-24(15-12-19)17-18-7-3-1-4-8-18/h1-10,19H,11-17H2,(H2,22,23,25). The summed E-state index contributed by atoms with van der Waals surface area (Å²) in [6.45, 7) is 3.74. The van der Waals surface area contributed by atoms with E-state index in [1.54, 1.807) is 11.8 Å². The van der Waals surface area contributed by atoms with Crippen LogP contribution in [0.15, 0.2) is 65.6 Å². The third kappa shape index (κ3) is 6.39. The van der Waals surface area contributed by atoms with Gasteiger partial charge in [0.25, 0.3) is 0 Å². The van der Waals surface area contributed by atoms with Crippen LogP contribution in [0, 0.1) is 0 Å². The molecule has 0 radical (unpaired) electrons. The van der Waals surface area contributed by atoms with E-state index < -0.39 is 0 Å². The Balaban J connectivity index is 1.28. The number of nitrogens with one attached hydrogen (secondary N) is 2. The van der Waals surface area contributed by atoms with E-state index in [1.165, 1.54) is 10.5 Å². The van der Waals surface area contributed by atoms with E-state index in [1.807, 2.05) is 18.2 Å². The van der Waals surface area contributed by atoms with E-state index in [0.29, 0.717) is 6.54 Å². The van der Waals surface area contributed by atoms with E-state index in [0.717, 1.165) is 38.2 Å². The number of carbonyl (C=O) groups is 1. The monoisotopic (exact) mass is 369 g/mol. The van der Waals surface area contributed by atoms with Crippen molar-refractivity contribution in [2.45, 2.75) is 30.3 Å². The quantitative estimate of drug-likeness (QED) is 0.577. The second-order valence-corrected chi connectivity index (χ2v) is 7.77. The molecule has 138 valence electrons. The fourth-order valence-corrected chi connectivity index (χ4v) is 3.95. The number of hydrogen-bond donors (Lipinski definition) is 2. The van der Waals surface area contributed by atoms with Gasteiger partial charge in [0.2, 0.25) is 0 Å². The van der Waals surface area contributed by atoms with Crippen LogP contribution in [-0.2, 0) is 6.54 Å². The van der Waals surface area contributed by atoms with Crippen molar-refractivity contribution in [2.24, 2.45) is 0 Å². The highest BCUT2D eigenvalue weighted by atomic mass is 32.2. The SMILES string of the molecule is O=C(NCCSc1ccccc1)NC1CCN(Cc2ccccc2)CC1. The average molecular weight is 370 g/mol. The molecule has 26 heavy (non-hydrogen) atoms. The van der Waals surface area contributed by atoms with Crippen LogP contribution in [-0.4, -0.2) is 42.4 Å². The lowest BCUT2D eigenvalue weighted by Crippen LogP contribution is -2.48. The van der Waals surface area contributed by atoms with Gasteiger partial charge in [0, 0.05) is 42.9 Å². The van der Waals surface area contributed by atoms with Crippen LogP contribution < -0.4 is 10.6 Å². The number of amides is 2. The molecule has 0 atom stereocenters. The molecule has 4 nitrogen and oxygen atoms in total. The number of likely N-dealkylation sites (tertiary alicyclic amines) is 1. The zero-order chi connectivity index (χ0) is 18.0. The van der Waals surface area contributed by atoms with Gasteiger partial charge in [-0.2, -0.15) is 0 Å². The number of urea groups is 1. The second-order valence-electron chi connectivity index (χ2n) is 6.60. The highest BCUT2D eigenvalue weighted by molar-refractivity contribution is 7.99. The van der Waals surface area contributed by atoms with Crippen molar-refractivity contribution in [1.82, 2.24) is 15.5 Å². The Morgan fingerprint density at radius 2 is 1.65 bits per heavy atom. The van der Waals surface area contributed by atoms with Crippen molar-refractivity contribution in [3.05, 3.63) is 66.2 Å². The molecule has 1 fully saturated rings. The third-order valence-corrected chi connectivity index (χ3v) is 5.59. The molecule has 1 saturated heterocycles. The first-order chi connectivity index (χ1) is 12.8. The van der Waals surface area contributed by atoms with Crippen LogP contribution >= 0.6 is 11.8 Å². The highest BCUT2D eigenvalue weighted by Crippen LogP contribution is 2.16. The summed E-state index contributed by atoms with van der Waals surface area (Å²) in [5.41, 5.74) is 1.35. The lowest BCUT2D eigenvalue weighted by atomic mass is 10.0. The molecule has 2 amide bonds. The normalized spacial score (nSPS) is 15.5. The van der Waals surface area contributed by atoms with Gasteiger partial charge in [-0.15, -0.1) is 11.8 Å². The maximum atomic E-state index is 12.1. The number of hydrogen-bond acceptors (Lipinski definition) is 3. The Kier molecular flexibility index (Phi) is 7.40. The summed E-state index contributed by atoms with van der Waals surface area (Å²) < 4.78 is 0. The van der Waals surface area contributed by atoms with Gasteiger partial charge in [0.15, 0.2) is 0 Å². The van der Waals surface area contributed by atoms with Gasteiger partial charge in [-0.1, -0.05) is 48.5 Å². The topological polar surface area (TPSA) is 44.4 Å². The fourth-order valence-electron chi connectivity index (χ4n) is 3.16. The van der Waals surface area contributed by atoms with E-state index >= 15 is 0 Å². The largest absolute Gasteiger partial charge is 0.337 e. The maximum absolute atomic E-state index is 12.1. The molecule has 5 heteroatoms. The van der Waals surface area contributed by atoms with Gasteiger partial charge in [0.1, 0.15) is 0 Å². The van der Waals surface area contributed by atoms with Gasteiger partial charge in [0.05, 0.1) is 0 Å². The molecule has 2 N–H and O–H groups in total. The van der Waals surface area contributed by atoms with Crippen molar-refractivity contribution in [3.8, 4) is 0 Å². The Bertz CT molecular complexity index is 657. The minimum Gasteiger partial charge on any atom is -0.337 e. The van der Waals surface area contributed by atoms with Crippen LogP contribution in [0.2, 0.25) is 0 Å². The molecule has 2 aromatic carbocycles. The van der Waals surface area contributed by atoms with Crippen LogP contribution in [0.25, 0.3) is 0 Å². The Morgan fingerprint density at radius 1 is 1.00 bits per heavy atom. The number of thioether (sulfide) groups is 1. The molecule has 1 aliphatic heterocycles. The summed E-state index contributed by atoms with van der Waals surface area (Å²) in [6, 6.07) is 21.1. The van der Waals surface area contributed by atoms with E-state index in [-0.39, 0.29) is 12.1 Å². The summed E-state index contributed by atoms with van der Waals surface area (Å²) >= 11 is 1.76. The lowest BCUT2D eigenvalue weighted by molar-refractivity contribution is 0.187. The Morgan fingerprint density at radius 3 is 2.35 bits per heavy atom. The van der Waals surface area contributed by atoms with Crippen molar-refractivity contribution in [3.63, 3.8) is 0 Å². The molecule has 0 spiro atoms.